The van der Waals surface area contributed by atoms with Crippen LogP contribution in [-0.2, 0) is 0 Å². The molecule has 0 bridgehead atoms. The molecule has 0 amide bonds. The standard InChI is InChI=1S/C15H9Cl2N5O2S/c1-5-4-8(23)24-7-3-6(2)10-11(9(5)7)25-15(18-10)22-14-20-12(16)19-13(17)21-14/h3-4H,1-2H3,(H,18,19,20,21,22). The normalized spacial score (nSPS) is 11.4. The number of rotatable bonds is 2. The molecule has 1 aromatic carbocycles. The van der Waals surface area contributed by atoms with Crippen LogP contribution in [0, 0.1) is 13.8 Å². The summed E-state index contributed by atoms with van der Waals surface area (Å²) in [5, 5.41) is 4.38. The molecular weight excluding hydrogens is 385 g/mol. The van der Waals surface area contributed by atoms with E-state index in [2.05, 4.69) is 25.3 Å². The van der Waals surface area contributed by atoms with E-state index in [-0.39, 0.29) is 22.1 Å². The Balaban J connectivity index is 1.91. The second kappa shape index (κ2) is 5.91. The van der Waals surface area contributed by atoms with Gasteiger partial charge in [0.15, 0.2) is 5.13 Å². The lowest BCUT2D eigenvalue weighted by atomic mass is 10.1. The topological polar surface area (TPSA) is 93.8 Å². The van der Waals surface area contributed by atoms with Gasteiger partial charge in [0.2, 0.25) is 16.5 Å². The van der Waals surface area contributed by atoms with Crippen LogP contribution in [0.4, 0.5) is 11.1 Å². The van der Waals surface area contributed by atoms with Gasteiger partial charge >= 0.3 is 5.63 Å². The van der Waals surface area contributed by atoms with Gasteiger partial charge in [-0.05, 0) is 54.2 Å². The third-order valence-corrected chi connectivity index (χ3v) is 4.89. The Bertz CT molecular complexity index is 1180. The Morgan fingerprint density at radius 1 is 1.04 bits per heavy atom. The lowest BCUT2D eigenvalue weighted by molar-refractivity contribution is 0.560. The molecule has 0 saturated heterocycles. The zero-order valence-electron chi connectivity index (χ0n) is 12.9. The molecule has 3 heterocycles. The average molecular weight is 394 g/mol. The molecule has 0 aliphatic rings. The van der Waals surface area contributed by atoms with Crippen molar-refractivity contribution in [2.75, 3.05) is 5.32 Å². The van der Waals surface area contributed by atoms with Crippen LogP contribution >= 0.6 is 34.5 Å². The van der Waals surface area contributed by atoms with E-state index in [0.29, 0.717) is 10.7 Å². The van der Waals surface area contributed by atoms with E-state index < -0.39 is 0 Å². The van der Waals surface area contributed by atoms with Crippen molar-refractivity contribution in [1.29, 1.82) is 0 Å². The Hall–Kier alpha value is -2.29. The summed E-state index contributed by atoms with van der Waals surface area (Å²) in [5.41, 5.74) is 2.70. The van der Waals surface area contributed by atoms with E-state index in [9.17, 15) is 4.79 Å². The first-order chi connectivity index (χ1) is 11.9. The van der Waals surface area contributed by atoms with Crippen LogP contribution in [0.3, 0.4) is 0 Å². The molecule has 0 saturated carbocycles. The lowest BCUT2D eigenvalue weighted by Gasteiger charge is -2.03. The van der Waals surface area contributed by atoms with Crippen LogP contribution in [0.2, 0.25) is 10.6 Å². The Morgan fingerprint density at radius 2 is 1.76 bits per heavy atom. The number of aryl methyl sites for hydroxylation is 2. The van der Waals surface area contributed by atoms with Crippen LogP contribution in [-0.4, -0.2) is 19.9 Å². The van der Waals surface area contributed by atoms with Crippen LogP contribution in [0.1, 0.15) is 11.1 Å². The maximum Gasteiger partial charge on any atom is 0.336 e. The van der Waals surface area contributed by atoms with Crippen LogP contribution in [0.5, 0.6) is 0 Å². The fourth-order valence-electron chi connectivity index (χ4n) is 2.58. The smallest absolute Gasteiger partial charge is 0.336 e. The third kappa shape index (κ3) is 2.92. The molecule has 0 aliphatic heterocycles. The van der Waals surface area contributed by atoms with Gasteiger partial charge in [0.1, 0.15) is 5.58 Å². The van der Waals surface area contributed by atoms with Crippen molar-refractivity contribution in [3.05, 3.63) is 44.2 Å². The lowest BCUT2D eigenvalue weighted by Crippen LogP contribution is -1.99. The first-order valence-corrected chi connectivity index (χ1v) is 8.66. The second-order valence-corrected chi connectivity index (χ2v) is 7.01. The fourth-order valence-corrected chi connectivity index (χ4v) is 4.08. The predicted octanol–water partition coefficient (Wildman–Crippen LogP) is 4.25. The SMILES string of the molecule is Cc1cc2oc(=O)cc(C)c2c2sc(Nc3nc(Cl)nc(Cl)n3)nc12. The monoisotopic (exact) mass is 393 g/mol. The largest absolute Gasteiger partial charge is 0.423 e. The fraction of sp³-hybridized carbons (Fsp3) is 0.133. The maximum absolute atomic E-state index is 11.6. The highest BCUT2D eigenvalue weighted by atomic mass is 35.5. The van der Waals surface area contributed by atoms with Crippen molar-refractivity contribution in [3.63, 3.8) is 0 Å². The maximum atomic E-state index is 11.6. The van der Waals surface area contributed by atoms with Gasteiger partial charge in [-0.25, -0.2) is 9.78 Å². The van der Waals surface area contributed by atoms with Crippen molar-refractivity contribution in [1.82, 2.24) is 19.9 Å². The van der Waals surface area contributed by atoms with Gasteiger partial charge in [0, 0.05) is 11.5 Å². The molecule has 0 aliphatic carbocycles. The number of nitrogens with zero attached hydrogens (tertiary/aromatic N) is 4. The number of thiazole rings is 1. The molecule has 0 fully saturated rings. The van der Waals surface area contributed by atoms with E-state index in [1.807, 2.05) is 19.9 Å². The van der Waals surface area contributed by atoms with Crippen molar-refractivity contribution >= 4 is 66.8 Å². The number of benzene rings is 1. The second-order valence-electron chi connectivity index (χ2n) is 5.33. The van der Waals surface area contributed by atoms with E-state index in [1.165, 1.54) is 17.4 Å². The number of halogens is 2. The molecule has 126 valence electrons. The van der Waals surface area contributed by atoms with Gasteiger partial charge in [0.05, 0.1) is 10.2 Å². The summed E-state index contributed by atoms with van der Waals surface area (Å²) in [6.45, 7) is 3.77. The molecule has 3 aromatic heterocycles. The van der Waals surface area contributed by atoms with Crippen molar-refractivity contribution in [3.8, 4) is 0 Å². The molecule has 1 N–H and O–H groups in total. The van der Waals surface area contributed by atoms with E-state index in [4.69, 9.17) is 27.6 Å². The molecule has 4 rings (SSSR count). The molecule has 4 aromatic rings. The van der Waals surface area contributed by atoms with E-state index >= 15 is 0 Å². The van der Waals surface area contributed by atoms with Gasteiger partial charge in [0.25, 0.3) is 0 Å². The summed E-state index contributed by atoms with van der Waals surface area (Å²) in [7, 11) is 0. The molecule has 25 heavy (non-hydrogen) atoms. The van der Waals surface area contributed by atoms with Crippen molar-refractivity contribution < 1.29 is 4.42 Å². The minimum absolute atomic E-state index is 0.0112. The van der Waals surface area contributed by atoms with E-state index in [0.717, 1.165) is 26.7 Å². The average Bonchev–Trinajstić information content (AvgIpc) is 2.89. The minimum Gasteiger partial charge on any atom is -0.423 e. The zero-order chi connectivity index (χ0) is 17.7. The Kier molecular flexibility index (Phi) is 3.82. The summed E-state index contributed by atoms with van der Waals surface area (Å²) in [4.78, 5) is 27.8. The summed E-state index contributed by atoms with van der Waals surface area (Å²) >= 11 is 13.0. The summed E-state index contributed by atoms with van der Waals surface area (Å²) < 4.78 is 6.23. The van der Waals surface area contributed by atoms with Gasteiger partial charge in [-0.1, -0.05) is 11.3 Å². The number of fused-ring (bicyclic) bond motifs is 3. The van der Waals surface area contributed by atoms with E-state index in [1.54, 1.807) is 0 Å². The molecular formula is C15H9Cl2N5O2S. The number of hydrogen-bond acceptors (Lipinski definition) is 8. The highest BCUT2D eigenvalue weighted by Crippen LogP contribution is 2.36. The summed E-state index contributed by atoms with van der Waals surface area (Å²) in [6.07, 6.45) is 0. The number of aromatic nitrogens is 4. The number of nitrogens with one attached hydrogen (secondary N) is 1. The summed E-state index contributed by atoms with van der Waals surface area (Å²) in [5.74, 6) is 0.203. The van der Waals surface area contributed by atoms with Crippen molar-refractivity contribution in [2.45, 2.75) is 13.8 Å². The molecule has 0 spiro atoms. The van der Waals surface area contributed by atoms with Gasteiger partial charge < -0.3 is 4.42 Å². The highest BCUT2D eigenvalue weighted by molar-refractivity contribution is 7.23. The van der Waals surface area contributed by atoms with Crippen molar-refractivity contribution in [2.24, 2.45) is 0 Å². The molecule has 0 unspecified atom stereocenters. The molecule has 0 atom stereocenters. The zero-order valence-corrected chi connectivity index (χ0v) is 15.3. The first kappa shape index (κ1) is 16.2. The summed E-state index contributed by atoms with van der Waals surface area (Å²) in [6, 6.07) is 3.28. The minimum atomic E-state index is -0.374. The molecule has 0 radical (unpaired) electrons. The molecule has 10 heteroatoms. The third-order valence-electron chi connectivity index (χ3n) is 3.56. The molecule has 7 nitrogen and oxygen atoms in total. The highest BCUT2D eigenvalue weighted by Gasteiger charge is 2.15. The van der Waals surface area contributed by atoms with Crippen LogP contribution < -0.4 is 10.9 Å². The first-order valence-electron chi connectivity index (χ1n) is 7.09. The van der Waals surface area contributed by atoms with Gasteiger partial charge in [-0.2, -0.15) is 15.0 Å². The quantitative estimate of drug-likeness (QED) is 0.508. The predicted molar refractivity (Wildman–Crippen MR) is 98.3 cm³/mol. The van der Waals surface area contributed by atoms with Crippen LogP contribution in [0.15, 0.2) is 21.3 Å². The Labute approximate surface area is 154 Å². The van der Waals surface area contributed by atoms with Crippen LogP contribution in [0.25, 0.3) is 21.2 Å². The Morgan fingerprint density at radius 3 is 2.48 bits per heavy atom. The van der Waals surface area contributed by atoms with Gasteiger partial charge in [-0.15, -0.1) is 0 Å². The number of hydrogen-bond donors (Lipinski definition) is 1. The number of anilines is 2. The van der Waals surface area contributed by atoms with Gasteiger partial charge in [-0.3, -0.25) is 5.32 Å².